The van der Waals surface area contributed by atoms with E-state index in [-0.39, 0.29) is 6.03 Å². The Morgan fingerprint density at radius 2 is 2.15 bits per heavy atom. The number of nitrogens with one attached hydrogen (secondary N) is 1. The maximum absolute atomic E-state index is 11.4. The lowest BCUT2D eigenvalue weighted by Crippen LogP contribution is -2.45. The quantitative estimate of drug-likeness (QED) is 0.694. The third-order valence-corrected chi connectivity index (χ3v) is 2.37. The number of ether oxygens (including phenoxy) is 1. The summed E-state index contributed by atoms with van der Waals surface area (Å²) in [6.45, 7) is 4.24. The van der Waals surface area contributed by atoms with Crippen molar-refractivity contribution in [2.45, 2.75) is 25.8 Å². The van der Waals surface area contributed by atoms with Crippen LogP contribution in [0, 0.1) is 0 Å². The average molecular weight is 186 g/mol. The topological polar surface area (TPSA) is 41.6 Å². The molecule has 1 saturated heterocycles. The molecular weight excluding hydrogens is 168 g/mol. The molecule has 1 aliphatic heterocycles. The molecule has 0 bridgehead atoms. The molecule has 0 radical (unpaired) electrons. The second-order valence-electron chi connectivity index (χ2n) is 3.35. The molecule has 0 spiro atoms. The van der Waals surface area contributed by atoms with Crippen molar-refractivity contribution in [3.63, 3.8) is 0 Å². The van der Waals surface area contributed by atoms with Gasteiger partial charge in [-0.2, -0.15) is 0 Å². The van der Waals surface area contributed by atoms with Crippen molar-refractivity contribution >= 4 is 6.03 Å². The van der Waals surface area contributed by atoms with Crippen LogP contribution in [-0.2, 0) is 4.74 Å². The predicted octanol–water partition coefficient (Wildman–Crippen LogP) is 0.827. The monoisotopic (exact) mass is 186 g/mol. The number of carbonyl (C=O) groups is 1. The zero-order valence-electron chi connectivity index (χ0n) is 8.38. The van der Waals surface area contributed by atoms with Crippen molar-refractivity contribution < 1.29 is 9.53 Å². The fourth-order valence-corrected chi connectivity index (χ4v) is 1.27. The van der Waals surface area contributed by atoms with E-state index in [9.17, 15) is 4.79 Å². The van der Waals surface area contributed by atoms with E-state index in [2.05, 4.69) is 5.32 Å². The standard InChI is InChI=1S/C9H18N2O2/c1-3-11(2)9(12)10-8-4-6-13-7-5-8/h8H,3-7H2,1-2H3,(H,10,12). The highest BCUT2D eigenvalue weighted by Gasteiger charge is 2.17. The lowest BCUT2D eigenvalue weighted by Gasteiger charge is -2.25. The number of urea groups is 1. The summed E-state index contributed by atoms with van der Waals surface area (Å²) in [7, 11) is 1.80. The Kier molecular flexibility index (Phi) is 4.02. The fourth-order valence-electron chi connectivity index (χ4n) is 1.27. The molecule has 1 heterocycles. The molecule has 76 valence electrons. The van der Waals surface area contributed by atoms with Crippen LogP contribution in [-0.4, -0.2) is 43.8 Å². The van der Waals surface area contributed by atoms with Gasteiger partial charge in [-0.3, -0.25) is 0 Å². The van der Waals surface area contributed by atoms with Gasteiger partial charge in [-0.1, -0.05) is 0 Å². The first-order valence-electron chi connectivity index (χ1n) is 4.83. The van der Waals surface area contributed by atoms with Crippen molar-refractivity contribution in [1.29, 1.82) is 0 Å². The van der Waals surface area contributed by atoms with Crippen LogP contribution in [0.1, 0.15) is 19.8 Å². The summed E-state index contributed by atoms with van der Waals surface area (Å²) in [6, 6.07) is 0.324. The molecule has 4 heteroatoms. The lowest BCUT2D eigenvalue weighted by molar-refractivity contribution is 0.0786. The van der Waals surface area contributed by atoms with Gasteiger partial charge in [0.05, 0.1) is 0 Å². The summed E-state index contributed by atoms with van der Waals surface area (Å²) in [5, 5.41) is 2.98. The highest BCUT2D eigenvalue weighted by molar-refractivity contribution is 5.74. The number of hydrogen-bond donors (Lipinski definition) is 1. The third-order valence-electron chi connectivity index (χ3n) is 2.37. The zero-order chi connectivity index (χ0) is 9.68. The van der Waals surface area contributed by atoms with Crippen LogP contribution >= 0.6 is 0 Å². The van der Waals surface area contributed by atoms with Gasteiger partial charge in [0.25, 0.3) is 0 Å². The number of amides is 2. The third kappa shape index (κ3) is 3.22. The summed E-state index contributed by atoms with van der Waals surface area (Å²) in [5.74, 6) is 0. The van der Waals surface area contributed by atoms with Crippen LogP contribution in [0.5, 0.6) is 0 Å². The van der Waals surface area contributed by atoms with Gasteiger partial charge in [0, 0.05) is 32.8 Å². The molecule has 13 heavy (non-hydrogen) atoms. The normalized spacial score (nSPS) is 18.3. The van der Waals surface area contributed by atoms with Crippen molar-refractivity contribution in [2.75, 3.05) is 26.8 Å². The average Bonchev–Trinajstić information content (AvgIpc) is 2.18. The molecule has 0 unspecified atom stereocenters. The molecule has 1 fully saturated rings. The van der Waals surface area contributed by atoms with Crippen LogP contribution in [0.2, 0.25) is 0 Å². The van der Waals surface area contributed by atoms with Gasteiger partial charge in [-0.15, -0.1) is 0 Å². The van der Waals surface area contributed by atoms with Gasteiger partial charge < -0.3 is 15.0 Å². The molecule has 0 saturated carbocycles. The molecule has 1 rings (SSSR count). The lowest BCUT2D eigenvalue weighted by atomic mass is 10.1. The molecule has 1 aliphatic rings. The summed E-state index contributed by atoms with van der Waals surface area (Å²) in [6.07, 6.45) is 1.87. The van der Waals surface area contributed by atoms with E-state index in [1.165, 1.54) is 0 Å². The maximum atomic E-state index is 11.4. The van der Waals surface area contributed by atoms with Crippen LogP contribution in [0.15, 0.2) is 0 Å². The van der Waals surface area contributed by atoms with Gasteiger partial charge in [-0.25, -0.2) is 4.79 Å². The zero-order valence-corrected chi connectivity index (χ0v) is 8.38. The minimum absolute atomic E-state index is 0.0226. The Morgan fingerprint density at radius 3 is 2.69 bits per heavy atom. The Balaban J connectivity index is 2.26. The Labute approximate surface area is 79.2 Å². The summed E-state index contributed by atoms with van der Waals surface area (Å²) >= 11 is 0. The van der Waals surface area contributed by atoms with E-state index in [1.54, 1.807) is 11.9 Å². The van der Waals surface area contributed by atoms with Crippen LogP contribution in [0.3, 0.4) is 0 Å². The van der Waals surface area contributed by atoms with E-state index in [1.807, 2.05) is 6.92 Å². The number of hydrogen-bond acceptors (Lipinski definition) is 2. The smallest absolute Gasteiger partial charge is 0.317 e. The first-order chi connectivity index (χ1) is 6.24. The summed E-state index contributed by atoms with van der Waals surface area (Å²) < 4.78 is 5.20. The van der Waals surface area contributed by atoms with Crippen LogP contribution in [0.25, 0.3) is 0 Å². The maximum Gasteiger partial charge on any atom is 0.317 e. The molecule has 0 atom stereocenters. The first kappa shape index (κ1) is 10.3. The Bertz CT molecular complexity index is 167. The van der Waals surface area contributed by atoms with E-state index in [0.29, 0.717) is 6.04 Å². The molecule has 1 N–H and O–H groups in total. The Morgan fingerprint density at radius 1 is 1.54 bits per heavy atom. The number of nitrogens with zero attached hydrogens (tertiary/aromatic N) is 1. The van der Waals surface area contributed by atoms with Crippen molar-refractivity contribution in [1.82, 2.24) is 10.2 Å². The highest BCUT2D eigenvalue weighted by atomic mass is 16.5. The van der Waals surface area contributed by atoms with E-state index in [4.69, 9.17) is 4.74 Å². The van der Waals surface area contributed by atoms with Crippen molar-refractivity contribution in [3.05, 3.63) is 0 Å². The molecule has 0 aromatic heterocycles. The van der Waals surface area contributed by atoms with Crippen LogP contribution < -0.4 is 5.32 Å². The molecule has 0 aromatic rings. The molecule has 0 aromatic carbocycles. The minimum atomic E-state index is 0.0226. The number of rotatable bonds is 2. The van der Waals surface area contributed by atoms with Gasteiger partial charge in [0.2, 0.25) is 0 Å². The minimum Gasteiger partial charge on any atom is -0.381 e. The number of carbonyl (C=O) groups excluding carboxylic acids is 1. The second kappa shape index (κ2) is 5.07. The molecule has 4 nitrogen and oxygen atoms in total. The first-order valence-corrected chi connectivity index (χ1v) is 4.83. The van der Waals surface area contributed by atoms with Crippen LogP contribution in [0.4, 0.5) is 4.79 Å². The molecule has 0 aliphatic carbocycles. The van der Waals surface area contributed by atoms with Crippen molar-refractivity contribution in [3.8, 4) is 0 Å². The second-order valence-corrected chi connectivity index (χ2v) is 3.35. The van der Waals surface area contributed by atoms with Gasteiger partial charge in [0.15, 0.2) is 0 Å². The highest BCUT2D eigenvalue weighted by Crippen LogP contribution is 2.06. The van der Waals surface area contributed by atoms with Gasteiger partial charge in [-0.05, 0) is 19.8 Å². The van der Waals surface area contributed by atoms with Gasteiger partial charge in [0.1, 0.15) is 0 Å². The van der Waals surface area contributed by atoms with E-state index < -0.39 is 0 Å². The molecular formula is C9H18N2O2. The van der Waals surface area contributed by atoms with E-state index >= 15 is 0 Å². The summed E-state index contributed by atoms with van der Waals surface area (Å²) in [4.78, 5) is 13.1. The largest absolute Gasteiger partial charge is 0.381 e. The summed E-state index contributed by atoms with van der Waals surface area (Å²) in [5.41, 5.74) is 0. The molecule has 2 amide bonds. The predicted molar refractivity (Wildman–Crippen MR) is 50.7 cm³/mol. The SMILES string of the molecule is CCN(C)C(=O)NC1CCOCC1. The fraction of sp³-hybridized carbons (Fsp3) is 0.889. The van der Waals surface area contributed by atoms with Crippen molar-refractivity contribution in [2.24, 2.45) is 0 Å². The van der Waals surface area contributed by atoms with Gasteiger partial charge >= 0.3 is 6.03 Å². The Hall–Kier alpha value is -0.770. The van der Waals surface area contributed by atoms with E-state index in [0.717, 1.165) is 32.6 Å².